The fourth-order valence-electron chi connectivity index (χ4n) is 3.99. The highest BCUT2D eigenvalue weighted by Crippen LogP contribution is 2.45. The van der Waals surface area contributed by atoms with Crippen molar-refractivity contribution in [1.29, 1.82) is 0 Å². The number of carboxylic acid groups (broad SMARTS) is 1. The highest BCUT2D eigenvalue weighted by Gasteiger charge is 2.34. The second-order valence-electron chi connectivity index (χ2n) is 9.77. The van der Waals surface area contributed by atoms with E-state index in [0.717, 1.165) is 54.3 Å². The number of aromatic carboxylic acids is 1. The van der Waals surface area contributed by atoms with Gasteiger partial charge in [0.05, 0.1) is 35.8 Å². The molecule has 2 aromatic carbocycles. The van der Waals surface area contributed by atoms with E-state index in [1.807, 2.05) is 18.2 Å². The lowest BCUT2D eigenvalue weighted by molar-refractivity contribution is -0.137. The zero-order valence-electron chi connectivity index (χ0n) is 21.9. The van der Waals surface area contributed by atoms with E-state index in [4.69, 9.17) is 14.6 Å². The minimum Gasteiger partial charge on any atom is -0.493 e. The highest BCUT2D eigenvalue weighted by molar-refractivity contribution is 7.15. The Morgan fingerprint density at radius 1 is 1.10 bits per heavy atom. The van der Waals surface area contributed by atoms with Crippen molar-refractivity contribution < 1.29 is 42.0 Å². The molecule has 2 aliphatic carbocycles. The number of halogens is 4. The number of thiazole rings is 1. The van der Waals surface area contributed by atoms with E-state index in [0.29, 0.717) is 29.1 Å². The molecule has 0 aliphatic heterocycles. The summed E-state index contributed by atoms with van der Waals surface area (Å²) < 4.78 is 62.2. The Morgan fingerprint density at radius 3 is 2.38 bits per heavy atom. The maximum Gasteiger partial charge on any atom is 0.416 e. The van der Waals surface area contributed by atoms with Gasteiger partial charge >= 0.3 is 12.1 Å². The topological polar surface area (TPSA) is 101 Å². The number of hydrogen-bond acceptors (Lipinski definition) is 7. The zero-order valence-corrected chi connectivity index (χ0v) is 22.7. The van der Waals surface area contributed by atoms with Crippen molar-refractivity contribution in [3.8, 4) is 21.9 Å². The van der Waals surface area contributed by atoms with Crippen LogP contribution in [0.5, 0.6) is 11.5 Å². The van der Waals surface area contributed by atoms with E-state index >= 15 is 0 Å². The fraction of sp³-hybridized carbons (Fsp3) is 0.429. The number of rotatable bonds is 10. The smallest absolute Gasteiger partial charge is 0.416 e. The molecular formula is C28H30F4N2O5S. The summed E-state index contributed by atoms with van der Waals surface area (Å²) in [6, 6.07) is 7.53. The first kappa shape index (κ1) is 29.8. The van der Waals surface area contributed by atoms with Crippen LogP contribution in [0, 0.1) is 11.7 Å². The Kier molecular flexibility index (Phi) is 9.32. The van der Waals surface area contributed by atoms with Crippen LogP contribution in [-0.2, 0) is 6.18 Å². The van der Waals surface area contributed by atoms with Gasteiger partial charge in [-0.1, -0.05) is 6.07 Å². The SMILES string of the molecule is COc1ccc(C(O)CNCC2CC2)cc1OC.O=C(O)c1nc(C2CC2)sc1-c1cc(F)cc(C(F)(F)F)c1. The van der Waals surface area contributed by atoms with Gasteiger partial charge in [0.25, 0.3) is 0 Å². The number of aromatic nitrogens is 1. The third-order valence-electron chi connectivity index (χ3n) is 6.52. The van der Waals surface area contributed by atoms with Crippen molar-refractivity contribution in [3.05, 3.63) is 64.0 Å². The van der Waals surface area contributed by atoms with Crippen molar-refractivity contribution in [1.82, 2.24) is 10.3 Å². The lowest BCUT2D eigenvalue weighted by Crippen LogP contribution is -2.23. The molecule has 0 bridgehead atoms. The summed E-state index contributed by atoms with van der Waals surface area (Å²) in [5.74, 6) is -0.0933. The third kappa shape index (κ3) is 7.70. The maximum absolute atomic E-state index is 13.5. The average molecular weight is 583 g/mol. The molecule has 0 amide bonds. The molecule has 0 spiro atoms. The van der Waals surface area contributed by atoms with E-state index in [1.165, 1.54) is 12.8 Å². The number of carbonyl (C=O) groups is 1. The molecule has 2 aliphatic rings. The summed E-state index contributed by atoms with van der Waals surface area (Å²) in [6.45, 7) is 1.58. The lowest BCUT2D eigenvalue weighted by Gasteiger charge is -2.14. The number of benzene rings is 2. The van der Waals surface area contributed by atoms with Gasteiger partial charge in [0.2, 0.25) is 0 Å². The Morgan fingerprint density at radius 2 is 1.80 bits per heavy atom. The van der Waals surface area contributed by atoms with Gasteiger partial charge in [-0.05, 0) is 79.6 Å². The van der Waals surface area contributed by atoms with Gasteiger partial charge in [0, 0.05) is 12.5 Å². The molecule has 12 heteroatoms. The van der Waals surface area contributed by atoms with Crippen LogP contribution < -0.4 is 14.8 Å². The number of aliphatic hydroxyl groups excluding tert-OH is 1. The summed E-state index contributed by atoms with van der Waals surface area (Å²) in [5, 5.41) is 23.1. The average Bonchev–Trinajstić information content (AvgIpc) is 3.86. The summed E-state index contributed by atoms with van der Waals surface area (Å²) in [7, 11) is 3.20. The standard InChI is InChI=1S/C14H9F4NO2S.C14H21NO3/c15-9-4-7(3-8(5-9)14(16,17)18)11-10(13(20)21)19-12(22-11)6-1-2-6;1-17-13-6-5-11(7-14(13)18-2)12(16)9-15-8-10-3-4-10/h3-6H,1-2H2,(H,20,21);5-7,10,12,15-16H,3-4,8-9H2,1-2H3. The number of methoxy groups -OCH3 is 2. The van der Waals surface area contributed by atoms with Crippen LogP contribution in [0.2, 0.25) is 0 Å². The summed E-state index contributed by atoms with van der Waals surface area (Å²) in [6.07, 6.45) is -0.821. The van der Waals surface area contributed by atoms with Crippen molar-refractivity contribution in [2.75, 3.05) is 27.3 Å². The molecule has 0 radical (unpaired) electrons. The number of nitrogens with zero attached hydrogens (tertiary/aromatic N) is 1. The van der Waals surface area contributed by atoms with Crippen LogP contribution in [-0.4, -0.2) is 48.5 Å². The van der Waals surface area contributed by atoms with Gasteiger partial charge in [0.1, 0.15) is 5.82 Å². The number of nitrogens with one attached hydrogen (secondary N) is 1. The first-order valence-corrected chi connectivity index (χ1v) is 13.5. The maximum atomic E-state index is 13.5. The van der Waals surface area contributed by atoms with Crippen molar-refractivity contribution in [2.45, 2.75) is 43.9 Å². The van der Waals surface area contributed by atoms with E-state index < -0.39 is 29.6 Å². The predicted molar refractivity (Wildman–Crippen MR) is 142 cm³/mol. The molecule has 1 heterocycles. The second kappa shape index (κ2) is 12.5. The van der Waals surface area contributed by atoms with Crippen molar-refractivity contribution in [2.24, 2.45) is 5.92 Å². The first-order valence-electron chi connectivity index (χ1n) is 12.7. The molecule has 216 valence electrons. The predicted octanol–water partition coefficient (Wildman–Crippen LogP) is 6.28. The molecule has 40 heavy (non-hydrogen) atoms. The normalized spacial score (nSPS) is 15.7. The number of aliphatic hydroxyl groups is 1. The second-order valence-corrected chi connectivity index (χ2v) is 10.8. The van der Waals surface area contributed by atoms with Crippen molar-refractivity contribution in [3.63, 3.8) is 0 Å². The summed E-state index contributed by atoms with van der Waals surface area (Å²) >= 11 is 1.01. The Hall–Kier alpha value is -3.22. The van der Waals surface area contributed by atoms with E-state index in [-0.39, 0.29) is 22.1 Å². The monoisotopic (exact) mass is 582 g/mol. The molecule has 3 aromatic rings. The Labute approximate surface area is 232 Å². The third-order valence-corrected chi connectivity index (χ3v) is 7.79. The van der Waals surface area contributed by atoms with Gasteiger partial charge < -0.3 is 25.0 Å². The van der Waals surface area contributed by atoms with Crippen LogP contribution in [0.25, 0.3) is 10.4 Å². The summed E-state index contributed by atoms with van der Waals surface area (Å²) in [5.41, 5.74) is -0.754. The Balaban J connectivity index is 0.000000189. The molecule has 3 N–H and O–H groups in total. The number of carboxylic acids is 1. The number of ether oxygens (including phenoxy) is 2. The van der Waals surface area contributed by atoms with Gasteiger partial charge in [-0.2, -0.15) is 13.2 Å². The van der Waals surface area contributed by atoms with E-state index in [1.54, 1.807) is 14.2 Å². The molecule has 2 fully saturated rings. The van der Waals surface area contributed by atoms with E-state index in [2.05, 4.69) is 10.3 Å². The minimum atomic E-state index is -4.70. The number of alkyl halides is 3. The summed E-state index contributed by atoms with van der Waals surface area (Å²) in [4.78, 5) is 15.3. The van der Waals surface area contributed by atoms with Crippen LogP contribution in [0.1, 0.15) is 64.3 Å². The quantitative estimate of drug-likeness (QED) is 0.242. The molecule has 2 saturated carbocycles. The van der Waals surface area contributed by atoms with E-state index in [9.17, 15) is 27.5 Å². The van der Waals surface area contributed by atoms with Crippen LogP contribution in [0.15, 0.2) is 36.4 Å². The van der Waals surface area contributed by atoms with Gasteiger partial charge in [0.15, 0.2) is 17.2 Å². The van der Waals surface area contributed by atoms with Gasteiger partial charge in [-0.3, -0.25) is 0 Å². The Bertz CT molecular complexity index is 1340. The lowest BCUT2D eigenvalue weighted by atomic mass is 10.1. The molecule has 7 nitrogen and oxygen atoms in total. The zero-order chi connectivity index (χ0) is 29.0. The molecular weight excluding hydrogens is 552 g/mol. The fourth-order valence-corrected chi connectivity index (χ4v) is 5.20. The van der Waals surface area contributed by atoms with Crippen LogP contribution in [0.4, 0.5) is 17.6 Å². The van der Waals surface area contributed by atoms with Crippen LogP contribution in [0.3, 0.4) is 0 Å². The largest absolute Gasteiger partial charge is 0.493 e. The van der Waals surface area contributed by atoms with Crippen LogP contribution >= 0.6 is 11.3 Å². The number of hydrogen-bond donors (Lipinski definition) is 3. The molecule has 1 unspecified atom stereocenters. The first-order chi connectivity index (χ1) is 19.0. The molecule has 1 aromatic heterocycles. The molecule has 5 rings (SSSR count). The minimum absolute atomic E-state index is 0.0550. The van der Waals surface area contributed by atoms with Crippen molar-refractivity contribution >= 4 is 17.3 Å². The highest BCUT2D eigenvalue weighted by atomic mass is 32.1. The van der Waals surface area contributed by atoms with Gasteiger partial charge in [-0.25, -0.2) is 14.2 Å². The van der Waals surface area contributed by atoms with Gasteiger partial charge in [-0.15, -0.1) is 11.3 Å². The molecule has 1 atom stereocenters. The molecule has 0 saturated heterocycles.